The van der Waals surface area contributed by atoms with Crippen LogP contribution in [0.1, 0.15) is 25.3 Å². The highest BCUT2D eigenvalue weighted by Crippen LogP contribution is 2.28. The van der Waals surface area contributed by atoms with Crippen LogP contribution in [0.25, 0.3) is 0 Å². The van der Waals surface area contributed by atoms with Gasteiger partial charge in [-0.25, -0.2) is 13.9 Å². The lowest BCUT2D eigenvalue weighted by atomic mass is 9.91. The molecule has 0 aliphatic carbocycles. The molecular formula is C23H27N3O5S. The minimum absolute atomic E-state index is 0.0627. The van der Waals surface area contributed by atoms with Gasteiger partial charge in [-0.3, -0.25) is 19.9 Å². The van der Waals surface area contributed by atoms with Crippen LogP contribution in [0.15, 0.2) is 53.7 Å². The average Bonchev–Trinajstić information content (AvgIpc) is 2.80. The van der Waals surface area contributed by atoms with Crippen molar-refractivity contribution in [1.29, 1.82) is 0 Å². The second-order valence-corrected chi connectivity index (χ2v) is 9.71. The van der Waals surface area contributed by atoms with Crippen molar-refractivity contribution in [2.75, 3.05) is 18.9 Å². The standard InChI is InChI=1S/C23H27N3O5S/c1-2-3-14-31-20-4-6-21(7-5-20)32(29,30)17-19-10-13-26(22(15-19)23(27)25-28)16-18-8-11-24-12-9-18/h4-9,11-12,19,22,28H,10,13-17H2,1H3,(H,25,27). The SMILES string of the molecule is CC#CCOc1ccc(S(=O)(=O)CC2CCN(Cc3ccncc3)C(C(=O)NO)C2)cc1. The number of piperidine rings is 1. The minimum atomic E-state index is -3.54. The maximum absolute atomic E-state index is 13.0. The molecule has 1 aliphatic rings. The first-order valence-corrected chi connectivity index (χ1v) is 12.0. The van der Waals surface area contributed by atoms with Gasteiger partial charge in [-0.15, -0.1) is 5.92 Å². The van der Waals surface area contributed by atoms with Crippen LogP contribution in [-0.2, 0) is 21.2 Å². The van der Waals surface area contributed by atoms with Gasteiger partial charge in [0.25, 0.3) is 5.91 Å². The fourth-order valence-corrected chi connectivity index (χ4v) is 5.51. The molecule has 1 aliphatic heterocycles. The normalized spacial score (nSPS) is 18.9. The Bertz CT molecular complexity index is 1060. The second-order valence-electron chi connectivity index (χ2n) is 7.68. The van der Waals surface area contributed by atoms with E-state index in [4.69, 9.17) is 4.74 Å². The molecule has 0 saturated carbocycles. The molecule has 2 atom stereocenters. The Labute approximate surface area is 188 Å². The summed E-state index contributed by atoms with van der Waals surface area (Å²) in [5.74, 6) is 5.27. The molecule has 1 saturated heterocycles. The van der Waals surface area contributed by atoms with Gasteiger partial charge in [0.15, 0.2) is 9.84 Å². The summed E-state index contributed by atoms with van der Waals surface area (Å²) in [6, 6.07) is 9.41. The molecule has 9 heteroatoms. The van der Waals surface area contributed by atoms with Gasteiger partial charge in [-0.1, -0.05) is 5.92 Å². The van der Waals surface area contributed by atoms with Crippen LogP contribution in [0.2, 0.25) is 0 Å². The monoisotopic (exact) mass is 457 g/mol. The van der Waals surface area contributed by atoms with Crippen LogP contribution in [-0.4, -0.2) is 54.4 Å². The number of hydrogen-bond donors (Lipinski definition) is 2. The fourth-order valence-electron chi connectivity index (χ4n) is 3.84. The number of aromatic nitrogens is 1. The number of carbonyl (C=O) groups excluding carboxylic acids is 1. The Morgan fingerprint density at radius 1 is 1.25 bits per heavy atom. The molecule has 2 unspecified atom stereocenters. The molecule has 170 valence electrons. The predicted octanol–water partition coefficient (Wildman–Crippen LogP) is 2.04. The Morgan fingerprint density at radius 2 is 1.97 bits per heavy atom. The number of likely N-dealkylation sites (tertiary alicyclic amines) is 1. The molecule has 32 heavy (non-hydrogen) atoms. The molecule has 0 spiro atoms. The molecule has 1 aromatic heterocycles. The zero-order valence-electron chi connectivity index (χ0n) is 17.9. The zero-order valence-corrected chi connectivity index (χ0v) is 18.7. The second kappa shape index (κ2) is 11.1. The highest BCUT2D eigenvalue weighted by atomic mass is 32.2. The maximum atomic E-state index is 13.0. The molecule has 1 amide bonds. The number of nitrogens with zero attached hydrogens (tertiary/aromatic N) is 2. The van der Waals surface area contributed by atoms with Crippen LogP contribution in [0.4, 0.5) is 0 Å². The summed E-state index contributed by atoms with van der Waals surface area (Å²) in [5.41, 5.74) is 2.72. The summed E-state index contributed by atoms with van der Waals surface area (Å²) >= 11 is 0. The molecule has 3 rings (SSSR count). The highest BCUT2D eigenvalue weighted by molar-refractivity contribution is 7.91. The number of carbonyl (C=O) groups is 1. The molecule has 0 radical (unpaired) electrons. The van der Waals surface area contributed by atoms with E-state index in [1.807, 2.05) is 17.0 Å². The number of nitrogens with one attached hydrogen (secondary N) is 1. The molecular weight excluding hydrogens is 430 g/mol. The van der Waals surface area contributed by atoms with Crippen molar-refractivity contribution in [2.45, 2.75) is 37.2 Å². The van der Waals surface area contributed by atoms with Crippen molar-refractivity contribution < 1.29 is 23.2 Å². The van der Waals surface area contributed by atoms with Crippen molar-refractivity contribution in [3.8, 4) is 17.6 Å². The van der Waals surface area contributed by atoms with E-state index in [2.05, 4.69) is 16.8 Å². The largest absolute Gasteiger partial charge is 0.481 e. The van der Waals surface area contributed by atoms with E-state index in [-0.39, 0.29) is 23.2 Å². The van der Waals surface area contributed by atoms with Gasteiger partial charge in [0, 0.05) is 18.9 Å². The van der Waals surface area contributed by atoms with Crippen LogP contribution in [0.5, 0.6) is 5.75 Å². The van der Waals surface area contributed by atoms with Gasteiger partial charge in [0.1, 0.15) is 12.4 Å². The van der Waals surface area contributed by atoms with Crippen molar-refractivity contribution in [3.05, 3.63) is 54.4 Å². The average molecular weight is 458 g/mol. The van der Waals surface area contributed by atoms with Crippen molar-refractivity contribution >= 4 is 15.7 Å². The highest BCUT2D eigenvalue weighted by Gasteiger charge is 2.35. The van der Waals surface area contributed by atoms with E-state index in [1.54, 1.807) is 36.9 Å². The quantitative estimate of drug-likeness (QED) is 0.355. The summed E-state index contributed by atoms with van der Waals surface area (Å²) in [5, 5.41) is 9.20. The lowest BCUT2D eigenvalue weighted by Crippen LogP contribution is -2.51. The summed E-state index contributed by atoms with van der Waals surface area (Å²) < 4.78 is 31.3. The molecule has 2 aromatic rings. The third-order valence-corrected chi connectivity index (χ3v) is 7.40. The third-order valence-electron chi connectivity index (χ3n) is 5.50. The maximum Gasteiger partial charge on any atom is 0.260 e. The van der Waals surface area contributed by atoms with Crippen molar-refractivity contribution in [1.82, 2.24) is 15.4 Å². The van der Waals surface area contributed by atoms with Gasteiger partial charge in [-0.05, 0) is 74.2 Å². The first-order valence-electron chi connectivity index (χ1n) is 10.3. The topological polar surface area (TPSA) is 109 Å². The summed E-state index contributed by atoms with van der Waals surface area (Å²) in [7, 11) is -3.54. The molecule has 1 fully saturated rings. The van der Waals surface area contributed by atoms with E-state index in [1.165, 1.54) is 12.1 Å². The molecule has 1 aromatic carbocycles. The van der Waals surface area contributed by atoms with Gasteiger partial charge < -0.3 is 4.74 Å². The lowest BCUT2D eigenvalue weighted by molar-refractivity contribution is -0.137. The Kier molecular flexibility index (Phi) is 8.22. The van der Waals surface area contributed by atoms with E-state index in [0.29, 0.717) is 31.7 Å². The Hall–Kier alpha value is -2.93. The number of amides is 1. The summed E-state index contributed by atoms with van der Waals surface area (Å²) in [6.45, 7) is 3.03. The molecule has 0 bridgehead atoms. The number of hydroxylamine groups is 1. The third kappa shape index (κ3) is 6.29. The number of pyridine rings is 1. The van der Waals surface area contributed by atoms with E-state index in [0.717, 1.165) is 5.56 Å². The Morgan fingerprint density at radius 3 is 2.62 bits per heavy atom. The van der Waals surface area contributed by atoms with Gasteiger partial charge in [-0.2, -0.15) is 0 Å². The first-order chi connectivity index (χ1) is 15.4. The number of rotatable bonds is 8. The first kappa shape index (κ1) is 23.7. The number of sulfone groups is 1. The van der Waals surface area contributed by atoms with E-state index >= 15 is 0 Å². The van der Waals surface area contributed by atoms with Gasteiger partial charge in [0.2, 0.25) is 0 Å². The van der Waals surface area contributed by atoms with Gasteiger partial charge >= 0.3 is 0 Å². The summed E-state index contributed by atoms with van der Waals surface area (Å²) in [4.78, 5) is 18.5. The van der Waals surface area contributed by atoms with Crippen LogP contribution in [0.3, 0.4) is 0 Å². The van der Waals surface area contributed by atoms with Crippen LogP contribution in [0, 0.1) is 17.8 Å². The zero-order chi connectivity index (χ0) is 23.0. The number of ether oxygens (including phenoxy) is 1. The summed E-state index contributed by atoms with van der Waals surface area (Å²) in [6.07, 6.45) is 4.34. The molecule has 2 N–H and O–H groups in total. The fraction of sp³-hybridized carbons (Fsp3) is 0.391. The molecule has 8 nitrogen and oxygen atoms in total. The number of benzene rings is 1. The van der Waals surface area contributed by atoms with Crippen LogP contribution >= 0.6 is 0 Å². The lowest BCUT2D eigenvalue weighted by Gasteiger charge is -2.38. The van der Waals surface area contributed by atoms with Crippen molar-refractivity contribution in [2.24, 2.45) is 5.92 Å². The smallest absolute Gasteiger partial charge is 0.260 e. The minimum Gasteiger partial charge on any atom is -0.481 e. The number of hydrogen-bond acceptors (Lipinski definition) is 7. The van der Waals surface area contributed by atoms with Crippen LogP contribution < -0.4 is 10.2 Å². The van der Waals surface area contributed by atoms with Crippen molar-refractivity contribution in [3.63, 3.8) is 0 Å². The predicted molar refractivity (Wildman–Crippen MR) is 119 cm³/mol. The van der Waals surface area contributed by atoms with E-state index in [9.17, 15) is 18.4 Å². The van der Waals surface area contributed by atoms with E-state index < -0.39 is 21.8 Å². The molecule has 2 heterocycles. The van der Waals surface area contributed by atoms with Gasteiger partial charge in [0.05, 0.1) is 16.7 Å². The Balaban J connectivity index is 1.66.